The topological polar surface area (TPSA) is 27.1 Å². The number of alkyl halides is 3. The lowest BCUT2D eigenvalue weighted by Crippen LogP contribution is -2.24. The maximum Gasteiger partial charge on any atom is 0.420 e. The molecule has 3 nitrogen and oxygen atoms in total. The molecule has 1 aromatic heterocycles. The molecule has 1 heterocycles. The van der Waals surface area contributed by atoms with Gasteiger partial charge in [0.1, 0.15) is 7.11 Å². The van der Waals surface area contributed by atoms with Crippen LogP contribution >= 0.6 is 0 Å². The minimum absolute atomic E-state index is 0.0399. The number of hydrogen-bond acceptors (Lipinski definition) is 2. The average Bonchev–Trinajstić information content (AvgIpc) is 2.87. The summed E-state index contributed by atoms with van der Waals surface area (Å²) in [5.74, 6) is 0.458. The molecule has 6 heteroatoms. The predicted molar refractivity (Wildman–Crippen MR) is 49.1 cm³/mol. The van der Waals surface area contributed by atoms with Crippen molar-refractivity contribution in [3.8, 4) is 0 Å². The van der Waals surface area contributed by atoms with Crippen LogP contribution in [0.25, 0.3) is 0 Å². The second kappa shape index (κ2) is 4.08. The molecular weight excluding hydrogens is 221 g/mol. The van der Waals surface area contributed by atoms with E-state index in [1.54, 1.807) is 0 Å². The Labute approximate surface area is 91.2 Å². The van der Waals surface area contributed by atoms with Crippen molar-refractivity contribution >= 4 is 0 Å². The molecule has 0 saturated heterocycles. The molecule has 16 heavy (non-hydrogen) atoms. The number of hydrogen-bond donors (Lipinski definition) is 0. The highest BCUT2D eigenvalue weighted by molar-refractivity contribution is 5.06. The zero-order valence-electron chi connectivity index (χ0n) is 8.44. The zero-order valence-corrected chi connectivity index (χ0v) is 8.44. The molecule has 0 aromatic carbocycles. The van der Waals surface area contributed by atoms with Crippen LogP contribution in [0.15, 0.2) is 12.5 Å². The van der Waals surface area contributed by atoms with Crippen LogP contribution < -0.4 is 0 Å². The maximum absolute atomic E-state index is 12.6. The molecule has 0 bridgehead atoms. The van der Waals surface area contributed by atoms with Crippen LogP contribution in [0.3, 0.4) is 0 Å². The van der Waals surface area contributed by atoms with Crippen molar-refractivity contribution in [1.29, 1.82) is 0 Å². The summed E-state index contributed by atoms with van der Waals surface area (Å²) < 4.78 is 43.2. The van der Waals surface area contributed by atoms with E-state index in [2.05, 4.69) is 9.72 Å². The maximum atomic E-state index is 12.6. The highest BCUT2D eigenvalue weighted by Gasteiger charge is 2.43. The van der Waals surface area contributed by atoms with Gasteiger partial charge in [0.2, 0.25) is 0 Å². The molecule has 1 fully saturated rings. The summed E-state index contributed by atoms with van der Waals surface area (Å²) in [5.41, 5.74) is -0.0399. The van der Waals surface area contributed by atoms with Crippen molar-refractivity contribution in [3.63, 3.8) is 0 Å². The van der Waals surface area contributed by atoms with Crippen molar-refractivity contribution in [2.45, 2.75) is 31.7 Å². The summed E-state index contributed by atoms with van der Waals surface area (Å²) in [5, 5.41) is 0. The Hall–Kier alpha value is -1.04. The molecule has 0 amide bonds. The van der Waals surface area contributed by atoms with E-state index in [9.17, 15) is 13.2 Å². The summed E-state index contributed by atoms with van der Waals surface area (Å²) in [6.07, 6.45) is -1.99. The van der Waals surface area contributed by atoms with E-state index in [1.807, 2.05) is 0 Å². The molecule has 1 aromatic rings. The van der Waals surface area contributed by atoms with Crippen molar-refractivity contribution in [2.75, 3.05) is 0 Å². The smallest absolute Gasteiger partial charge is 0.354 e. The molecule has 88 valence electrons. The SMILES string of the molecule is [CH]OC(c1cncn1CC1CC1)C(F)(F)F. The zero-order chi connectivity index (χ0) is 11.8. The van der Waals surface area contributed by atoms with Gasteiger partial charge in [-0.15, -0.1) is 0 Å². The van der Waals surface area contributed by atoms with Gasteiger partial charge in [0.05, 0.1) is 18.2 Å². The van der Waals surface area contributed by atoms with Crippen LogP contribution in [0.1, 0.15) is 24.6 Å². The Morgan fingerprint density at radius 3 is 2.75 bits per heavy atom. The molecule has 1 unspecified atom stereocenters. The van der Waals surface area contributed by atoms with Crippen molar-refractivity contribution < 1.29 is 17.9 Å². The average molecular weight is 232 g/mol. The fraction of sp³-hybridized carbons (Fsp3) is 0.600. The van der Waals surface area contributed by atoms with Gasteiger partial charge in [-0.25, -0.2) is 4.98 Å². The lowest BCUT2D eigenvalue weighted by atomic mass is 10.2. The predicted octanol–water partition coefficient (Wildman–Crippen LogP) is 2.58. The van der Waals surface area contributed by atoms with Gasteiger partial charge in [-0.1, -0.05) is 0 Å². The summed E-state index contributed by atoms with van der Waals surface area (Å²) in [6.45, 7) is 0.547. The second-order valence-electron chi connectivity index (χ2n) is 3.97. The van der Waals surface area contributed by atoms with Crippen LogP contribution in [-0.2, 0) is 11.3 Å². The summed E-state index contributed by atoms with van der Waals surface area (Å²) >= 11 is 0. The first-order chi connectivity index (χ1) is 7.52. The molecular formula is C10H11F3N2O. The van der Waals surface area contributed by atoms with Crippen molar-refractivity contribution in [1.82, 2.24) is 9.55 Å². The van der Waals surface area contributed by atoms with Gasteiger partial charge >= 0.3 is 6.18 Å². The number of aromatic nitrogens is 2. The third-order valence-electron chi connectivity index (χ3n) is 2.60. The Morgan fingerprint density at radius 1 is 1.56 bits per heavy atom. The van der Waals surface area contributed by atoms with E-state index in [0.29, 0.717) is 12.5 Å². The van der Waals surface area contributed by atoms with Gasteiger partial charge in [-0.3, -0.25) is 0 Å². The number of rotatable bonds is 4. The Bertz CT molecular complexity index is 357. The third-order valence-corrected chi connectivity index (χ3v) is 2.60. The van der Waals surface area contributed by atoms with E-state index in [0.717, 1.165) is 19.0 Å². The highest BCUT2D eigenvalue weighted by atomic mass is 19.4. The monoisotopic (exact) mass is 232 g/mol. The summed E-state index contributed by atoms with van der Waals surface area (Å²) in [4.78, 5) is 3.71. The standard InChI is InChI=1S/C10H11F3N2O/c1-16-9(10(11,12)13)8-4-14-6-15(8)5-7-2-3-7/h1,4,6-7,9H,2-3,5H2. The first-order valence-electron chi connectivity index (χ1n) is 4.94. The largest absolute Gasteiger partial charge is 0.420 e. The number of ether oxygens (including phenoxy) is 1. The van der Waals surface area contributed by atoms with Gasteiger partial charge in [-0.05, 0) is 18.8 Å². The quantitative estimate of drug-likeness (QED) is 0.797. The third kappa shape index (κ3) is 2.37. The van der Waals surface area contributed by atoms with Crippen LogP contribution in [-0.4, -0.2) is 15.7 Å². The minimum atomic E-state index is -4.52. The van der Waals surface area contributed by atoms with E-state index in [4.69, 9.17) is 7.11 Å². The molecule has 1 aliphatic rings. The lowest BCUT2D eigenvalue weighted by molar-refractivity contribution is -0.211. The van der Waals surface area contributed by atoms with E-state index < -0.39 is 12.3 Å². The minimum Gasteiger partial charge on any atom is -0.354 e. The van der Waals surface area contributed by atoms with Crippen LogP contribution in [0.4, 0.5) is 13.2 Å². The Kier molecular flexibility index (Phi) is 2.92. The van der Waals surface area contributed by atoms with Gasteiger partial charge < -0.3 is 9.30 Å². The first-order valence-corrected chi connectivity index (χ1v) is 4.94. The molecule has 1 saturated carbocycles. The van der Waals surface area contributed by atoms with Gasteiger partial charge in [0.25, 0.3) is 0 Å². The molecule has 2 rings (SSSR count). The van der Waals surface area contributed by atoms with Crippen molar-refractivity contribution in [3.05, 3.63) is 25.3 Å². The van der Waals surface area contributed by atoms with Crippen molar-refractivity contribution in [2.24, 2.45) is 5.92 Å². The number of imidazole rings is 1. The molecule has 0 aliphatic heterocycles. The van der Waals surface area contributed by atoms with E-state index >= 15 is 0 Å². The molecule has 1 aliphatic carbocycles. The van der Waals surface area contributed by atoms with Gasteiger partial charge in [0, 0.05) is 6.54 Å². The van der Waals surface area contributed by atoms with Gasteiger partial charge in [-0.2, -0.15) is 13.2 Å². The Morgan fingerprint density at radius 2 is 2.25 bits per heavy atom. The molecule has 0 N–H and O–H groups in total. The van der Waals surface area contributed by atoms with E-state index in [-0.39, 0.29) is 5.69 Å². The fourth-order valence-corrected chi connectivity index (χ4v) is 1.59. The fourth-order valence-electron chi connectivity index (χ4n) is 1.59. The number of halogens is 3. The second-order valence-corrected chi connectivity index (χ2v) is 3.97. The molecule has 1 atom stereocenters. The lowest BCUT2D eigenvalue weighted by Gasteiger charge is -2.19. The molecule has 2 radical (unpaired) electrons. The summed E-state index contributed by atoms with van der Waals surface area (Å²) in [7, 11) is 4.70. The Balaban J connectivity index is 2.19. The highest BCUT2D eigenvalue weighted by Crippen LogP contribution is 2.37. The van der Waals surface area contributed by atoms with Crippen LogP contribution in [0.5, 0.6) is 0 Å². The molecule has 0 spiro atoms. The van der Waals surface area contributed by atoms with Crippen LogP contribution in [0, 0.1) is 13.0 Å². The number of nitrogens with zero attached hydrogens (tertiary/aromatic N) is 2. The van der Waals surface area contributed by atoms with Gasteiger partial charge in [0.15, 0.2) is 6.10 Å². The van der Waals surface area contributed by atoms with Crippen LogP contribution in [0.2, 0.25) is 0 Å². The first kappa shape index (κ1) is 11.4. The normalized spacial score (nSPS) is 18.8. The van der Waals surface area contributed by atoms with E-state index in [1.165, 1.54) is 10.9 Å². The summed E-state index contributed by atoms with van der Waals surface area (Å²) in [6, 6.07) is 0.